The van der Waals surface area contributed by atoms with E-state index in [0.717, 1.165) is 18.7 Å². The minimum atomic E-state index is -0.453. The van der Waals surface area contributed by atoms with Gasteiger partial charge in [0.05, 0.1) is 23.2 Å². The van der Waals surface area contributed by atoms with Crippen LogP contribution in [0.2, 0.25) is 5.02 Å². The number of morpholine rings is 1. The Morgan fingerprint density at radius 2 is 2.17 bits per heavy atom. The van der Waals surface area contributed by atoms with Gasteiger partial charge in [0.15, 0.2) is 0 Å². The molecule has 1 aliphatic heterocycles. The van der Waals surface area contributed by atoms with Crippen LogP contribution in [0.15, 0.2) is 18.2 Å². The fraction of sp³-hybridized carbons (Fsp3) is 0.455. The van der Waals surface area contributed by atoms with Gasteiger partial charge in [-0.1, -0.05) is 11.6 Å². The summed E-state index contributed by atoms with van der Waals surface area (Å²) in [5, 5.41) is 13.0. The van der Waals surface area contributed by atoms with Crippen LogP contribution in [0.4, 0.5) is 5.69 Å². The van der Waals surface area contributed by atoms with Crippen LogP contribution in [0.1, 0.15) is 5.56 Å². The van der Waals surface area contributed by atoms with Gasteiger partial charge < -0.3 is 4.74 Å². The Morgan fingerprint density at radius 1 is 1.44 bits per heavy atom. The Kier molecular flexibility index (Phi) is 4.48. The standard InChI is InChI=1S/C11H14ClN3O3/c12-11-7-10(15(16)17)2-1-9(11)8-13-14-3-5-18-6-4-14/h1-2,7,13H,3-6,8H2. The molecule has 1 aromatic rings. The topological polar surface area (TPSA) is 67.6 Å². The third-order valence-corrected chi connectivity index (χ3v) is 3.10. The molecule has 98 valence electrons. The lowest BCUT2D eigenvalue weighted by atomic mass is 10.2. The predicted octanol–water partition coefficient (Wildman–Crippen LogP) is 1.58. The molecule has 0 atom stereocenters. The van der Waals surface area contributed by atoms with Crippen molar-refractivity contribution >= 4 is 17.3 Å². The molecule has 0 unspecified atom stereocenters. The second-order valence-corrected chi connectivity index (χ2v) is 4.37. The molecule has 0 radical (unpaired) electrons. The van der Waals surface area contributed by atoms with Crippen molar-refractivity contribution in [3.63, 3.8) is 0 Å². The highest BCUT2D eigenvalue weighted by atomic mass is 35.5. The maximum absolute atomic E-state index is 10.6. The van der Waals surface area contributed by atoms with E-state index < -0.39 is 4.92 Å². The van der Waals surface area contributed by atoms with Gasteiger partial charge in [0.2, 0.25) is 0 Å². The minimum absolute atomic E-state index is 0.00937. The molecule has 7 heteroatoms. The molecule has 0 bridgehead atoms. The Labute approximate surface area is 110 Å². The molecule has 0 aromatic heterocycles. The van der Waals surface area contributed by atoms with Crippen LogP contribution in [0.25, 0.3) is 0 Å². The maximum atomic E-state index is 10.6. The van der Waals surface area contributed by atoms with E-state index >= 15 is 0 Å². The van der Waals surface area contributed by atoms with Gasteiger partial charge in [-0.3, -0.25) is 15.5 Å². The Hall–Kier alpha value is -1.21. The van der Waals surface area contributed by atoms with Gasteiger partial charge in [-0.2, -0.15) is 0 Å². The second-order valence-electron chi connectivity index (χ2n) is 3.97. The molecule has 0 aliphatic carbocycles. The number of nitro benzene ring substituents is 1. The molecule has 1 saturated heterocycles. The van der Waals surface area contributed by atoms with Gasteiger partial charge in [-0.25, -0.2) is 5.01 Å². The number of nitrogens with zero attached hydrogens (tertiary/aromatic N) is 2. The van der Waals surface area contributed by atoms with E-state index in [4.69, 9.17) is 16.3 Å². The first kappa shape index (κ1) is 13.2. The zero-order valence-electron chi connectivity index (χ0n) is 9.76. The Balaban J connectivity index is 1.94. The Bertz CT molecular complexity index is 436. The molecule has 0 spiro atoms. The Morgan fingerprint density at radius 3 is 2.78 bits per heavy atom. The summed E-state index contributed by atoms with van der Waals surface area (Å²) in [7, 11) is 0. The van der Waals surface area contributed by atoms with Crippen LogP contribution >= 0.6 is 11.6 Å². The zero-order valence-corrected chi connectivity index (χ0v) is 10.5. The van der Waals surface area contributed by atoms with Crippen molar-refractivity contribution in [1.29, 1.82) is 0 Å². The van der Waals surface area contributed by atoms with Crippen molar-refractivity contribution in [2.24, 2.45) is 0 Å². The fourth-order valence-corrected chi connectivity index (χ4v) is 1.95. The number of non-ortho nitro benzene ring substituents is 1. The largest absolute Gasteiger partial charge is 0.379 e. The van der Waals surface area contributed by atoms with Crippen LogP contribution in [-0.4, -0.2) is 36.2 Å². The lowest BCUT2D eigenvalue weighted by Crippen LogP contribution is -2.45. The van der Waals surface area contributed by atoms with Crippen molar-refractivity contribution in [2.75, 3.05) is 26.3 Å². The maximum Gasteiger partial charge on any atom is 0.270 e. The van der Waals surface area contributed by atoms with E-state index in [-0.39, 0.29) is 5.69 Å². The van der Waals surface area contributed by atoms with E-state index in [0.29, 0.717) is 24.8 Å². The number of ether oxygens (including phenoxy) is 1. The predicted molar refractivity (Wildman–Crippen MR) is 67.3 cm³/mol. The van der Waals surface area contributed by atoms with Gasteiger partial charge in [-0.05, 0) is 11.6 Å². The van der Waals surface area contributed by atoms with Crippen molar-refractivity contribution in [3.05, 3.63) is 38.9 Å². The first-order valence-corrected chi connectivity index (χ1v) is 6.03. The van der Waals surface area contributed by atoms with E-state index in [2.05, 4.69) is 10.4 Å². The lowest BCUT2D eigenvalue weighted by molar-refractivity contribution is -0.384. The van der Waals surface area contributed by atoms with Crippen molar-refractivity contribution < 1.29 is 9.66 Å². The van der Waals surface area contributed by atoms with Gasteiger partial charge in [-0.15, -0.1) is 0 Å². The third kappa shape index (κ3) is 3.39. The van der Waals surface area contributed by atoms with Crippen molar-refractivity contribution in [3.8, 4) is 0 Å². The van der Waals surface area contributed by atoms with Crippen molar-refractivity contribution in [1.82, 2.24) is 10.4 Å². The third-order valence-electron chi connectivity index (χ3n) is 2.75. The van der Waals surface area contributed by atoms with E-state index in [1.165, 1.54) is 12.1 Å². The molecule has 0 amide bonds. The molecule has 2 rings (SSSR count). The summed E-state index contributed by atoms with van der Waals surface area (Å²) in [4.78, 5) is 10.1. The van der Waals surface area contributed by atoms with Gasteiger partial charge in [0.1, 0.15) is 0 Å². The molecule has 1 heterocycles. The first-order chi connectivity index (χ1) is 8.66. The van der Waals surface area contributed by atoms with Gasteiger partial charge in [0.25, 0.3) is 5.69 Å². The number of nitro groups is 1. The summed E-state index contributed by atoms with van der Waals surface area (Å²) < 4.78 is 5.23. The fourth-order valence-electron chi connectivity index (χ4n) is 1.71. The van der Waals surface area contributed by atoms with Crippen LogP contribution < -0.4 is 5.43 Å². The quantitative estimate of drug-likeness (QED) is 0.665. The molecular weight excluding hydrogens is 258 g/mol. The van der Waals surface area contributed by atoms with E-state index in [1.807, 2.05) is 0 Å². The molecule has 0 saturated carbocycles. The van der Waals surface area contributed by atoms with Crippen LogP contribution in [0.5, 0.6) is 0 Å². The van der Waals surface area contributed by atoms with Gasteiger partial charge in [0, 0.05) is 31.8 Å². The summed E-state index contributed by atoms with van der Waals surface area (Å²) in [6, 6.07) is 4.51. The summed E-state index contributed by atoms with van der Waals surface area (Å²) in [5.74, 6) is 0. The molecule has 1 aliphatic rings. The highest BCUT2D eigenvalue weighted by molar-refractivity contribution is 6.31. The molecular formula is C11H14ClN3O3. The monoisotopic (exact) mass is 271 g/mol. The number of rotatable bonds is 4. The number of hydrogen-bond donors (Lipinski definition) is 1. The average molecular weight is 272 g/mol. The molecule has 1 N–H and O–H groups in total. The molecule has 18 heavy (non-hydrogen) atoms. The zero-order chi connectivity index (χ0) is 13.0. The summed E-state index contributed by atoms with van der Waals surface area (Å²) in [6.45, 7) is 3.62. The highest BCUT2D eigenvalue weighted by Crippen LogP contribution is 2.22. The molecule has 1 fully saturated rings. The highest BCUT2D eigenvalue weighted by Gasteiger charge is 2.12. The van der Waals surface area contributed by atoms with Crippen LogP contribution in [0, 0.1) is 10.1 Å². The normalized spacial score (nSPS) is 16.7. The average Bonchev–Trinajstić information content (AvgIpc) is 2.38. The second kappa shape index (κ2) is 6.10. The van der Waals surface area contributed by atoms with E-state index in [9.17, 15) is 10.1 Å². The summed E-state index contributed by atoms with van der Waals surface area (Å²) >= 11 is 6.00. The number of nitrogens with one attached hydrogen (secondary N) is 1. The van der Waals surface area contributed by atoms with Crippen LogP contribution in [-0.2, 0) is 11.3 Å². The SMILES string of the molecule is O=[N+]([O-])c1ccc(CNN2CCOCC2)c(Cl)c1. The summed E-state index contributed by atoms with van der Waals surface area (Å²) in [5.41, 5.74) is 4.08. The number of benzene rings is 1. The number of hydrogen-bond acceptors (Lipinski definition) is 5. The minimum Gasteiger partial charge on any atom is -0.379 e. The van der Waals surface area contributed by atoms with Gasteiger partial charge >= 0.3 is 0 Å². The molecule has 1 aromatic carbocycles. The first-order valence-electron chi connectivity index (χ1n) is 5.66. The number of hydrazine groups is 1. The lowest BCUT2D eigenvalue weighted by Gasteiger charge is -2.27. The van der Waals surface area contributed by atoms with Crippen LogP contribution in [0.3, 0.4) is 0 Å². The smallest absolute Gasteiger partial charge is 0.270 e. The molecule has 6 nitrogen and oxygen atoms in total. The number of halogens is 1. The van der Waals surface area contributed by atoms with E-state index in [1.54, 1.807) is 6.07 Å². The summed E-state index contributed by atoms with van der Waals surface area (Å²) in [6.07, 6.45) is 0. The van der Waals surface area contributed by atoms with Crippen molar-refractivity contribution in [2.45, 2.75) is 6.54 Å².